The van der Waals surface area contributed by atoms with Crippen molar-refractivity contribution in [2.75, 3.05) is 17.7 Å². The maximum atomic E-state index is 12.5. The summed E-state index contributed by atoms with van der Waals surface area (Å²) in [5.41, 5.74) is 3.21. The van der Waals surface area contributed by atoms with Crippen molar-refractivity contribution in [3.05, 3.63) is 40.3 Å². The van der Waals surface area contributed by atoms with Crippen LogP contribution in [0.15, 0.2) is 29.4 Å². The Morgan fingerprint density at radius 3 is 2.74 bits per heavy atom. The van der Waals surface area contributed by atoms with Gasteiger partial charge in [-0.15, -0.1) is 11.3 Å². The van der Waals surface area contributed by atoms with E-state index >= 15 is 0 Å². The smallest absolute Gasteiger partial charge is 0.341 e. The number of carbonyl (C=O) groups is 2. The van der Waals surface area contributed by atoms with Gasteiger partial charge in [0, 0.05) is 11.9 Å². The predicted octanol–water partition coefficient (Wildman–Crippen LogP) is 4.16. The van der Waals surface area contributed by atoms with E-state index in [0.717, 1.165) is 26.6 Å². The van der Waals surface area contributed by atoms with E-state index in [0.29, 0.717) is 17.2 Å². The fourth-order valence-electron chi connectivity index (χ4n) is 2.71. The number of hydrogen-bond donors (Lipinski definition) is 1. The lowest BCUT2D eigenvalue weighted by Crippen LogP contribution is -2.16. The van der Waals surface area contributed by atoms with Crippen LogP contribution in [0.2, 0.25) is 0 Å². The Bertz CT molecular complexity index is 1010. The van der Waals surface area contributed by atoms with Gasteiger partial charge < -0.3 is 14.6 Å². The molecule has 0 saturated heterocycles. The molecule has 0 aliphatic carbocycles. The normalized spacial score (nSPS) is 11.0. The number of rotatable bonds is 6. The molecule has 0 fully saturated rings. The Balaban J connectivity index is 1.72. The molecule has 0 bridgehead atoms. The predicted molar refractivity (Wildman–Crippen MR) is 110 cm³/mol. The zero-order valence-corrected chi connectivity index (χ0v) is 17.3. The van der Waals surface area contributed by atoms with Crippen molar-refractivity contribution in [1.82, 2.24) is 9.55 Å². The van der Waals surface area contributed by atoms with Crippen molar-refractivity contribution in [3.63, 3.8) is 0 Å². The van der Waals surface area contributed by atoms with E-state index < -0.39 is 5.97 Å². The summed E-state index contributed by atoms with van der Waals surface area (Å²) >= 11 is 2.75. The van der Waals surface area contributed by atoms with Gasteiger partial charge in [0.05, 0.1) is 29.0 Å². The molecule has 0 spiro atoms. The lowest BCUT2D eigenvalue weighted by molar-refractivity contribution is -0.113. The van der Waals surface area contributed by atoms with Gasteiger partial charge in [-0.1, -0.05) is 23.9 Å². The number of esters is 1. The molecule has 0 aliphatic heterocycles. The van der Waals surface area contributed by atoms with Crippen LogP contribution >= 0.6 is 23.1 Å². The number of ether oxygens (including phenoxy) is 1. The van der Waals surface area contributed by atoms with Crippen LogP contribution in [-0.4, -0.2) is 33.8 Å². The summed E-state index contributed by atoms with van der Waals surface area (Å²) in [6, 6.07) is 7.84. The number of anilines is 1. The van der Waals surface area contributed by atoms with Crippen molar-refractivity contribution in [2.45, 2.75) is 25.9 Å². The molecular formula is C19H21N3O3S2. The quantitative estimate of drug-likeness (QED) is 0.494. The van der Waals surface area contributed by atoms with Gasteiger partial charge in [0.1, 0.15) is 5.00 Å². The summed E-state index contributed by atoms with van der Waals surface area (Å²) in [5, 5.41) is 4.17. The molecule has 2 heterocycles. The van der Waals surface area contributed by atoms with Crippen LogP contribution in [-0.2, 0) is 16.6 Å². The minimum absolute atomic E-state index is 0.182. The molecule has 1 amide bonds. The molecular weight excluding hydrogens is 382 g/mol. The van der Waals surface area contributed by atoms with E-state index in [1.54, 1.807) is 6.92 Å². The number of benzene rings is 1. The van der Waals surface area contributed by atoms with Gasteiger partial charge in [-0.2, -0.15) is 0 Å². The summed E-state index contributed by atoms with van der Waals surface area (Å²) in [5.74, 6) is -0.383. The minimum Gasteiger partial charge on any atom is -0.462 e. The topological polar surface area (TPSA) is 73.2 Å². The second-order valence-corrected chi connectivity index (χ2v) is 8.15. The highest BCUT2D eigenvalue weighted by Gasteiger charge is 2.22. The number of imidazole rings is 1. The highest BCUT2D eigenvalue weighted by Crippen LogP contribution is 2.33. The Morgan fingerprint density at radius 2 is 2.04 bits per heavy atom. The molecule has 27 heavy (non-hydrogen) atoms. The SMILES string of the molecule is CCOC(=O)c1c(NC(=O)CSc2nc3ccccc3n2C)sc(C)c1C. The van der Waals surface area contributed by atoms with Crippen LogP contribution < -0.4 is 5.32 Å². The number of carbonyl (C=O) groups excluding carboxylic acids is 2. The van der Waals surface area contributed by atoms with Crippen molar-refractivity contribution in [3.8, 4) is 0 Å². The third kappa shape index (κ3) is 4.01. The number of para-hydroxylation sites is 2. The summed E-state index contributed by atoms with van der Waals surface area (Å²) < 4.78 is 7.09. The van der Waals surface area contributed by atoms with E-state index in [-0.39, 0.29) is 11.7 Å². The highest BCUT2D eigenvalue weighted by molar-refractivity contribution is 7.99. The summed E-state index contributed by atoms with van der Waals surface area (Å²) in [6.07, 6.45) is 0. The van der Waals surface area contributed by atoms with Crippen molar-refractivity contribution in [1.29, 1.82) is 0 Å². The largest absolute Gasteiger partial charge is 0.462 e. The van der Waals surface area contributed by atoms with Gasteiger partial charge in [-0.25, -0.2) is 9.78 Å². The molecule has 0 atom stereocenters. The third-order valence-electron chi connectivity index (χ3n) is 4.20. The molecule has 2 aromatic heterocycles. The Hall–Kier alpha value is -2.32. The summed E-state index contributed by atoms with van der Waals surface area (Å²) in [4.78, 5) is 30.2. The Morgan fingerprint density at radius 1 is 1.30 bits per heavy atom. The van der Waals surface area contributed by atoms with Gasteiger partial charge in [0.25, 0.3) is 0 Å². The van der Waals surface area contributed by atoms with E-state index in [4.69, 9.17) is 4.74 Å². The number of nitrogens with zero attached hydrogens (tertiary/aromatic N) is 2. The van der Waals surface area contributed by atoms with Crippen LogP contribution in [0, 0.1) is 13.8 Å². The molecule has 142 valence electrons. The molecule has 3 rings (SSSR count). The maximum absolute atomic E-state index is 12.5. The molecule has 1 aromatic carbocycles. The van der Waals surface area contributed by atoms with Crippen molar-refractivity contribution >= 4 is 51.0 Å². The minimum atomic E-state index is -0.405. The zero-order chi connectivity index (χ0) is 19.6. The molecule has 8 heteroatoms. The second kappa shape index (κ2) is 8.14. The molecule has 6 nitrogen and oxygen atoms in total. The summed E-state index contributed by atoms with van der Waals surface area (Å²) in [7, 11) is 1.93. The number of nitrogens with one attached hydrogen (secondary N) is 1. The molecule has 3 aromatic rings. The van der Waals surface area contributed by atoms with Crippen LogP contribution in [0.3, 0.4) is 0 Å². The maximum Gasteiger partial charge on any atom is 0.341 e. The first-order valence-corrected chi connectivity index (χ1v) is 10.3. The van der Waals surface area contributed by atoms with Crippen molar-refractivity contribution < 1.29 is 14.3 Å². The van der Waals surface area contributed by atoms with Gasteiger partial charge in [0.15, 0.2) is 5.16 Å². The Labute approximate surface area is 165 Å². The molecule has 0 radical (unpaired) electrons. The lowest BCUT2D eigenvalue weighted by atomic mass is 10.1. The number of aryl methyl sites for hydroxylation is 2. The first-order valence-electron chi connectivity index (χ1n) is 8.53. The fraction of sp³-hybridized carbons (Fsp3) is 0.316. The number of fused-ring (bicyclic) bond motifs is 1. The zero-order valence-electron chi connectivity index (χ0n) is 15.7. The second-order valence-electron chi connectivity index (χ2n) is 5.99. The number of aromatic nitrogens is 2. The van der Waals surface area contributed by atoms with E-state index in [9.17, 15) is 9.59 Å². The fourth-order valence-corrected chi connectivity index (χ4v) is 4.56. The number of amides is 1. The van der Waals surface area contributed by atoms with Crippen LogP contribution in [0.4, 0.5) is 5.00 Å². The highest BCUT2D eigenvalue weighted by atomic mass is 32.2. The van der Waals surface area contributed by atoms with Crippen LogP contribution in [0.1, 0.15) is 27.7 Å². The lowest BCUT2D eigenvalue weighted by Gasteiger charge is -2.07. The average molecular weight is 404 g/mol. The van der Waals surface area contributed by atoms with Gasteiger partial charge in [-0.05, 0) is 38.5 Å². The Kier molecular flexibility index (Phi) is 5.86. The van der Waals surface area contributed by atoms with Crippen LogP contribution in [0.25, 0.3) is 11.0 Å². The molecule has 0 aliphatic rings. The number of hydrogen-bond acceptors (Lipinski definition) is 6. The van der Waals surface area contributed by atoms with Crippen molar-refractivity contribution in [2.24, 2.45) is 7.05 Å². The van der Waals surface area contributed by atoms with E-state index in [1.165, 1.54) is 23.1 Å². The van der Waals surface area contributed by atoms with E-state index in [2.05, 4.69) is 10.3 Å². The van der Waals surface area contributed by atoms with Crippen LogP contribution in [0.5, 0.6) is 0 Å². The standard InChI is InChI=1S/C19H21N3O3S2/c1-5-25-18(24)16-11(2)12(3)27-17(16)21-15(23)10-26-19-20-13-8-6-7-9-14(13)22(19)4/h6-9H,5,10H2,1-4H3,(H,21,23). The monoisotopic (exact) mass is 403 g/mol. The molecule has 0 unspecified atom stereocenters. The molecule has 1 N–H and O–H groups in total. The van der Waals surface area contributed by atoms with E-state index in [1.807, 2.05) is 49.7 Å². The van der Waals surface area contributed by atoms with Gasteiger partial charge >= 0.3 is 5.97 Å². The summed E-state index contributed by atoms with van der Waals surface area (Å²) in [6.45, 7) is 5.84. The van der Waals surface area contributed by atoms with Gasteiger partial charge in [0.2, 0.25) is 5.91 Å². The average Bonchev–Trinajstić information content (AvgIpc) is 3.10. The van der Waals surface area contributed by atoms with Gasteiger partial charge in [-0.3, -0.25) is 4.79 Å². The number of thioether (sulfide) groups is 1. The molecule has 0 saturated carbocycles. The first-order chi connectivity index (χ1) is 12.9. The third-order valence-corrected chi connectivity index (χ3v) is 6.35. The number of thiophene rings is 1. The first kappa shape index (κ1) is 19.4.